The lowest BCUT2D eigenvalue weighted by atomic mass is 10.3. The van der Waals surface area contributed by atoms with Crippen molar-refractivity contribution in [1.82, 2.24) is 9.80 Å². The van der Waals surface area contributed by atoms with Gasteiger partial charge in [-0.1, -0.05) is 0 Å². The number of nitrogens with zero attached hydrogens (tertiary/aromatic N) is 3. The summed E-state index contributed by atoms with van der Waals surface area (Å²) in [4.78, 5) is 17.8. The molecular weight excluding hydrogens is 170 g/mol. The Balaban J connectivity index is 2.20. The number of rotatable bonds is 0. The molecule has 0 saturated carbocycles. The molecule has 0 fully saturated rings. The van der Waals surface area contributed by atoms with E-state index in [2.05, 4.69) is 4.99 Å². The summed E-state index contributed by atoms with van der Waals surface area (Å²) < 4.78 is 0. The summed E-state index contributed by atoms with van der Waals surface area (Å²) in [5.41, 5.74) is 0.910. The van der Waals surface area contributed by atoms with Gasteiger partial charge >= 0.3 is 6.09 Å². The van der Waals surface area contributed by atoms with Gasteiger partial charge in [-0.05, 0) is 0 Å². The lowest BCUT2D eigenvalue weighted by Gasteiger charge is -2.31. The van der Waals surface area contributed by atoms with Crippen LogP contribution in [0, 0.1) is 0 Å². The van der Waals surface area contributed by atoms with Crippen molar-refractivity contribution in [3.8, 4) is 0 Å². The summed E-state index contributed by atoms with van der Waals surface area (Å²) in [5, 5.41) is 8.72. The highest BCUT2D eigenvalue weighted by Gasteiger charge is 2.19. The lowest BCUT2D eigenvalue weighted by Crippen LogP contribution is -2.37. The van der Waals surface area contributed by atoms with Gasteiger partial charge < -0.3 is 10.0 Å². The second-order valence-corrected chi connectivity index (χ2v) is 2.81. The molecule has 0 unspecified atom stereocenters. The molecule has 0 spiro atoms. The maximum absolute atomic E-state index is 10.6. The van der Waals surface area contributed by atoms with E-state index in [1.165, 1.54) is 4.90 Å². The Hall–Kier alpha value is -1.78. The number of amides is 1. The summed E-state index contributed by atoms with van der Waals surface area (Å²) >= 11 is 0. The molecule has 5 nitrogen and oxygen atoms in total. The van der Waals surface area contributed by atoms with Gasteiger partial charge in [0.05, 0.1) is 18.8 Å². The SMILES string of the molecule is O=C(O)N1C=CN2CC=NC=C2C1. The molecule has 1 amide bonds. The van der Waals surface area contributed by atoms with E-state index in [1.54, 1.807) is 24.8 Å². The van der Waals surface area contributed by atoms with E-state index in [0.29, 0.717) is 6.54 Å². The number of carboxylic acid groups (broad SMARTS) is 1. The van der Waals surface area contributed by atoms with E-state index in [-0.39, 0.29) is 0 Å². The Kier molecular flexibility index (Phi) is 1.77. The predicted octanol–water partition coefficient (Wildman–Crippen LogP) is 0.679. The van der Waals surface area contributed by atoms with Gasteiger partial charge in [0.25, 0.3) is 0 Å². The molecule has 0 aromatic heterocycles. The third-order valence-corrected chi connectivity index (χ3v) is 1.98. The van der Waals surface area contributed by atoms with Crippen LogP contribution in [-0.2, 0) is 0 Å². The molecule has 68 valence electrons. The summed E-state index contributed by atoms with van der Waals surface area (Å²) in [5.74, 6) is 0. The van der Waals surface area contributed by atoms with Crippen LogP contribution < -0.4 is 0 Å². The van der Waals surface area contributed by atoms with Crippen LogP contribution in [-0.4, -0.2) is 40.3 Å². The predicted molar refractivity (Wildman–Crippen MR) is 47.2 cm³/mol. The number of hydrogen-bond donors (Lipinski definition) is 1. The van der Waals surface area contributed by atoms with Gasteiger partial charge in [0.15, 0.2) is 0 Å². The van der Waals surface area contributed by atoms with Crippen molar-refractivity contribution in [2.45, 2.75) is 0 Å². The molecule has 1 N–H and O–H groups in total. The molecule has 0 saturated heterocycles. The zero-order chi connectivity index (χ0) is 9.26. The van der Waals surface area contributed by atoms with Crippen LogP contribution in [0.4, 0.5) is 4.79 Å². The first-order chi connectivity index (χ1) is 6.27. The topological polar surface area (TPSA) is 56.1 Å². The molecule has 0 aliphatic carbocycles. The maximum atomic E-state index is 10.6. The third kappa shape index (κ3) is 1.40. The van der Waals surface area contributed by atoms with Gasteiger partial charge in [-0.15, -0.1) is 0 Å². The molecule has 2 aliphatic heterocycles. The molecule has 0 atom stereocenters. The highest BCUT2D eigenvalue weighted by atomic mass is 16.4. The largest absolute Gasteiger partial charge is 0.465 e. The smallest absolute Gasteiger partial charge is 0.411 e. The van der Waals surface area contributed by atoms with Crippen molar-refractivity contribution in [3.05, 3.63) is 24.3 Å². The summed E-state index contributed by atoms with van der Waals surface area (Å²) in [6.45, 7) is 1.10. The number of aliphatic imine (C=N–C) groups is 1. The fourth-order valence-electron chi connectivity index (χ4n) is 1.27. The Morgan fingerprint density at radius 2 is 2.38 bits per heavy atom. The highest BCUT2D eigenvalue weighted by molar-refractivity contribution is 5.68. The van der Waals surface area contributed by atoms with Crippen molar-refractivity contribution in [1.29, 1.82) is 0 Å². The van der Waals surface area contributed by atoms with Crippen LogP contribution in [0.1, 0.15) is 0 Å². The Bertz CT molecular complexity index is 319. The van der Waals surface area contributed by atoms with E-state index in [9.17, 15) is 4.79 Å². The van der Waals surface area contributed by atoms with Crippen LogP contribution in [0.2, 0.25) is 0 Å². The first-order valence-corrected chi connectivity index (χ1v) is 3.92. The second kappa shape index (κ2) is 2.93. The minimum atomic E-state index is -0.939. The molecule has 2 heterocycles. The monoisotopic (exact) mass is 179 g/mol. The maximum Gasteiger partial charge on any atom is 0.411 e. The number of carbonyl (C=O) groups is 1. The zero-order valence-electron chi connectivity index (χ0n) is 6.92. The molecule has 2 aliphatic rings. The van der Waals surface area contributed by atoms with Crippen molar-refractivity contribution in [2.75, 3.05) is 13.1 Å². The van der Waals surface area contributed by atoms with E-state index >= 15 is 0 Å². The van der Waals surface area contributed by atoms with Gasteiger partial charge in [0.2, 0.25) is 0 Å². The van der Waals surface area contributed by atoms with Gasteiger partial charge in [-0.3, -0.25) is 9.89 Å². The van der Waals surface area contributed by atoms with Crippen LogP contribution in [0.25, 0.3) is 0 Å². The van der Waals surface area contributed by atoms with Gasteiger partial charge in [0, 0.05) is 24.8 Å². The zero-order valence-corrected chi connectivity index (χ0v) is 6.92. The molecule has 0 aromatic carbocycles. The average molecular weight is 179 g/mol. The Morgan fingerprint density at radius 1 is 1.54 bits per heavy atom. The van der Waals surface area contributed by atoms with Gasteiger partial charge in [0.1, 0.15) is 0 Å². The van der Waals surface area contributed by atoms with E-state index in [0.717, 1.165) is 12.2 Å². The van der Waals surface area contributed by atoms with Crippen molar-refractivity contribution in [2.24, 2.45) is 4.99 Å². The van der Waals surface area contributed by atoms with Crippen LogP contribution in [0.5, 0.6) is 0 Å². The average Bonchev–Trinajstić information content (AvgIpc) is 2.17. The van der Waals surface area contributed by atoms with Gasteiger partial charge in [-0.25, -0.2) is 4.79 Å². The van der Waals surface area contributed by atoms with E-state index in [1.807, 2.05) is 4.90 Å². The summed E-state index contributed by atoms with van der Waals surface area (Å²) in [6, 6.07) is 0. The van der Waals surface area contributed by atoms with Crippen molar-refractivity contribution >= 4 is 12.3 Å². The first-order valence-electron chi connectivity index (χ1n) is 3.92. The Labute approximate surface area is 75.3 Å². The van der Waals surface area contributed by atoms with Crippen LogP contribution >= 0.6 is 0 Å². The first kappa shape index (κ1) is 7.85. The van der Waals surface area contributed by atoms with Crippen LogP contribution in [0.3, 0.4) is 0 Å². The summed E-state index contributed by atoms with van der Waals surface area (Å²) in [6.07, 6.45) is 5.83. The third-order valence-electron chi connectivity index (χ3n) is 1.98. The van der Waals surface area contributed by atoms with Crippen LogP contribution in [0.15, 0.2) is 29.3 Å². The highest BCUT2D eigenvalue weighted by Crippen LogP contribution is 2.15. The quantitative estimate of drug-likeness (QED) is 0.594. The molecule has 0 radical (unpaired) electrons. The minimum absolute atomic E-state index is 0.378. The standard InChI is InChI=1S/C8H9N3O2/c12-8(13)11-4-3-10-2-1-9-5-7(10)6-11/h1,3-5H,2,6H2,(H,12,13). The van der Waals surface area contributed by atoms with Gasteiger partial charge in [-0.2, -0.15) is 0 Å². The fraction of sp³-hybridized carbons (Fsp3) is 0.250. The molecule has 13 heavy (non-hydrogen) atoms. The molecule has 0 aromatic rings. The molecular formula is C8H9N3O2. The van der Waals surface area contributed by atoms with Crippen molar-refractivity contribution < 1.29 is 9.90 Å². The number of fused-ring (bicyclic) bond motifs is 1. The van der Waals surface area contributed by atoms with E-state index < -0.39 is 6.09 Å². The van der Waals surface area contributed by atoms with E-state index in [4.69, 9.17) is 5.11 Å². The molecule has 5 heteroatoms. The minimum Gasteiger partial charge on any atom is -0.465 e. The Morgan fingerprint density at radius 3 is 3.15 bits per heavy atom. The molecule has 2 rings (SSSR count). The number of hydrogen-bond acceptors (Lipinski definition) is 3. The lowest BCUT2D eigenvalue weighted by molar-refractivity contribution is 0.160. The fourth-order valence-corrected chi connectivity index (χ4v) is 1.27. The molecule has 0 bridgehead atoms. The summed E-state index contributed by atoms with van der Waals surface area (Å²) in [7, 11) is 0. The second-order valence-electron chi connectivity index (χ2n) is 2.81. The normalized spacial score (nSPS) is 19.8. The van der Waals surface area contributed by atoms with Crippen molar-refractivity contribution in [3.63, 3.8) is 0 Å².